The van der Waals surface area contributed by atoms with Crippen LogP contribution in [0.1, 0.15) is 32.4 Å². The summed E-state index contributed by atoms with van der Waals surface area (Å²) in [5, 5.41) is 1.14. The highest BCUT2D eigenvalue weighted by Gasteiger charge is 2.52. The molecule has 6 heteroatoms. The van der Waals surface area contributed by atoms with Gasteiger partial charge in [0.1, 0.15) is 13.1 Å². The van der Waals surface area contributed by atoms with Crippen molar-refractivity contribution in [3.05, 3.63) is 23.9 Å². The number of carbonyl (C=O) groups is 2. The van der Waals surface area contributed by atoms with Crippen LogP contribution in [0.25, 0.3) is 0 Å². The highest BCUT2D eigenvalue weighted by molar-refractivity contribution is 9.18. The maximum absolute atomic E-state index is 13.0. The largest absolute Gasteiger partial charge is 0.389 e. The summed E-state index contributed by atoms with van der Waals surface area (Å²) in [4.78, 5) is 25.0. The Balaban J connectivity index is 2.10. The molecule has 1 fully saturated rings. The van der Waals surface area contributed by atoms with E-state index in [0.29, 0.717) is 12.3 Å². The Kier molecular flexibility index (Phi) is 6.03. The number of hydrogen-bond donors (Lipinski definition) is 0. The van der Waals surface area contributed by atoms with E-state index in [1.807, 2.05) is 27.0 Å². The molecule has 1 aromatic heterocycles. The number of quaternary nitrogens is 1. The zero-order valence-corrected chi connectivity index (χ0v) is 16.6. The first-order valence-corrected chi connectivity index (χ1v) is 9.79. The summed E-state index contributed by atoms with van der Waals surface area (Å²) in [5.74, 6) is 0.561. The molecule has 2 rings (SSSR count). The normalized spacial score (nSPS) is 25.3. The molecule has 0 N–H and O–H groups in total. The fourth-order valence-electron chi connectivity index (χ4n) is 3.24. The van der Waals surface area contributed by atoms with Gasteiger partial charge in [0.15, 0.2) is 5.69 Å². The first-order valence-electron chi connectivity index (χ1n) is 8.01. The maximum Gasteiger partial charge on any atom is 0.389 e. The van der Waals surface area contributed by atoms with Crippen molar-refractivity contribution in [3.8, 4) is 0 Å². The maximum atomic E-state index is 13.0. The third-order valence-corrected chi connectivity index (χ3v) is 6.94. The van der Waals surface area contributed by atoms with Crippen molar-refractivity contribution >= 4 is 38.4 Å². The summed E-state index contributed by atoms with van der Waals surface area (Å²) in [7, 11) is 2.03. The van der Waals surface area contributed by atoms with Crippen molar-refractivity contribution < 1.29 is 18.6 Å². The number of amides is 2. The van der Waals surface area contributed by atoms with E-state index in [4.69, 9.17) is 0 Å². The van der Waals surface area contributed by atoms with E-state index in [0.717, 1.165) is 17.9 Å². The van der Waals surface area contributed by atoms with Crippen LogP contribution in [-0.2, 0) is 11.8 Å². The lowest BCUT2D eigenvalue weighted by molar-refractivity contribution is -0.779. The molecule has 126 valence electrons. The Morgan fingerprint density at radius 3 is 2.74 bits per heavy atom. The molecule has 1 aromatic rings. The highest BCUT2D eigenvalue weighted by atomic mass is 79.9. The lowest BCUT2D eigenvalue weighted by Crippen LogP contribution is -2.58. The van der Waals surface area contributed by atoms with Gasteiger partial charge in [0.25, 0.3) is 0 Å². The molecule has 1 saturated heterocycles. The van der Waals surface area contributed by atoms with Gasteiger partial charge in [0.05, 0.1) is 28.4 Å². The van der Waals surface area contributed by atoms with Gasteiger partial charge in [-0.1, -0.05) is 11.8 Å². The lowest BCUT2D eigenvalue weighted by Gasteiger charge is -2.32. The van der Waals surface area contributed by atoms with Crippen LogP contribution in [0.3, 0.4) is 0 Å². The number of carbonyl (C=O) groups excluding carboxylic acids is 2. The number of rotatable bonds is 4. The van der Waals surface area contributed by atoms with Crippen LogP contribution in [0, 0.1) is 12.8 Å². The van der Waals surface area contributed by atoms with Crippen molar-refractivity contribution in [2.45, 2.75) is 44.7 Å². The van der Waals surface area contributed by atoms with E-state index in [1.165, 1.54) is 5.69 Å². The quantitative estimate of drug-likeness (QED) is 0.255. The van der Waals surface area contributed by atoms with Gasteiger partial charge in [-0.15, -0.1) is 0 Å². The first kappa shape index (κ1) is 18.6. The van der Waals surface area contributed by atoms with Crippen LogP contribution in [0.4, 0.5) is 4.79 Å². The molecule has 0 aromatic carbocycles. The lowest BCUT2D eigenvalue weighted by atomic mass is 10.1. The number of likely N-dealkylation sites (tertiary alicyclic amines) is 1. The molecule has 2 unspecified atom stereocenters. The first-order chi connectivity index (χ1) is 10.8. The number of aryl methyl sites for hydroxylation is 1. The van der Waals surface area contributed by atoms with E-state index < -0.39 is 0 Å². The standard InChI is InChI=1S/C17H25BrN2O2S/c1-12(11-23-15-9-5-7-13(2)19(15)4)16(21)20(17(18)22)10-6-8-14(20)3/h5,7,9,12,14H,6,8,10-11H2,1-4H3/q+2/t12?,14-,20?/m1/s1. The molecule has 0 bridgehead atoms. The number of pyridine rings is 1. The van der Waals surface area contributed by atoms with Gasteiger partial charge in [-0.3, -0.25) is 0 Å². The molecule has 0 radical (unpaired) electrons. The zero-order valence-electron chi connectivity index (χ0n) is 14.2. The minimum absolute atomic E-state index is 0.0400. The number of halogens is 1. The predicted molar refractivity (Wildman–Crippen MR) is 95.4 cm³/mol. The SMILES string of the molecule is Cc1cccc(SCC(C)C(=O)[N+]2(C(=O)Br)CCC[C@H]2C)[n+]1C. The van der Waals surface area contributed by atoms with Crippen molar-refractivity contribution in [2.75, 3.05) is 12.3 Å². The number of thioether (sulfide) groups is 1. The Bertz CT molecular complexity index is 623. The van der Waals surface area contributed by atoms with Crippen molar-refractivity contribution in [1.29, 1.82) is 0 Å². The van der Waals surface area contributed by atoms with Crippen LogP contribution in [0.15, 0.2) is 23.2 Å². The summed E-state index contributed by atoms with van der Waals surface area (Å²) >= 11 is 4.76. The predicted octanol–water partition coefficient (Wildman–Crippen LogP) is 3.59. The second kappa shape index (κ2) is 7.45. The van der Waals surface area contributed by atoms with Crippen LogP contribution in [0.5, 0.6) is 0 Å². The van der Waals surface area contributed by atoms with E-state index >= 15 is 0 Å². The Morgan fingerprint density at radius 1 is 1.48 bits per heavy atom. The molecule has 4 nitrogen and oxygen atoms in total. The smallest absolute Gasteiger partial charge is 0.230 e. The topological polar surface area (TPSA) is 38.0 Å². The molecule has 0 saturated carbocycles. The zero-order chi connectivity index (χ0) is 17.2. The average molecular weight is 401 g/mol. The summed E-state index contributed by atoms with van der Waals surface area (Å²) in [6, 6.07) is 6.22. The molecule has 2 amide bonds. The van der Waals surface area contributed by atoms with Gasteiger partial charge in [-0.2, -0.15) is 9.05 Å². The van der Waals surface area contributed by atoms with Crippen molar-refractivity contribution in [3.63, 3.8) is 0 Å². The molecule has 1 aliphatic rings. The van der Waals surface area contributed by atoms with E-state index in [2.05, 4.69) is 39.6 Å². The molecule has 23 heavy (non-hydrogen) atoms. The average Bonchev–Trinajstić information content (AvgIpc) is 2.90. The van der Waals surface area contributed by atoms with Gasteiger partial charge in [-0.25, -0.2) is 9.59 Å². The molecule has 0 aliphatic carbocycles. The number of nitrogens with zero attached hydrogens (tertiary/aromatic N) is 2. The molecule has 0 spiro atoms. The number of hydrogen-bond acceptors (Lipinski definition) is 3. The van der Waals surface area contributed by atoms with Crippen LogP contribution < -0.4 is 4.57 Å². The van der Waals surface area contributed by atoms with Gasteiger partial charge in [0, 0.05) is 37.7 Å². The number of imide groups is 1. The third-order valence-electron chi connectivity index (χ3n) is 4.93. The minimum Gasteiger partial charge on any atom is -0.230 e. The highest BCUT2D eigenvalue weighted by Crippen LogP contribution is 2.33. The fraction of sp³-hybridized carbons (Fsp3) is 0.588. The van der Waals surface area contributed by atoms with E-state index in [9.17, 15) is 9.59 Å². The Morgan fingerprint density at radius 2 is 2.17 bits per heavy atom. The van der Waals surface area contributed by atoms with Crippen molar-refractivity contribution in [2.24, 2.45) is 13.0 Å². The molecule has 2 heterocycles. The van der Waals surface area contributed by atoms with Crippen molar-refractivity contribution in [1.82, 2.24) is 0 Å². The summed E-state index contributed by atoms with van der Waals surface area (Å²) in [6.45, 7) is 6.63. The summed E-state index contributed by atoms with van der Waals surface area (Å²) in [6.07, 6.45) is 1.85. The summed E-state index contributed by atoms with van der Waals surface area (Å²) in [5.41, 5.74) is 1.18. The fourth-order valence-corrected chi connectivity index (χ4v) is 5.02. The monoisotopic (exact) mass is 400 g/mol. The van der Waals surface area contributed by atoms with Gasteiger partial charge >= 0.3 is 10.7 Å². The second-order valence-corrected chi connectivity index (χ2v) is 8.17. The van der Waals surface area contributed by atoms with E-state index in [-0.39, 0.29) is 27.2 Å². The van der Waals surface area contributed by atoms with Gasteiger partial charge < -0.3 is 0 Å². The van der Waals surface area contributed by atoms with Gasteiger partial charge in [-0.05, 0) is 19.9 Å². The summed E-state index contributed by atoms with van der Waals surface area (Å²) < 4.78 is 2.09. The second-order valence-electron chi connectivity index (χ2n) is 6.45. The van der Waals surface area contributed by atoms with E-state index in [1.54, 1.807) is 11.8 Å². The molecular formula is C17H25BrN2O2S+2. The number of aromatic nitrogens is 1. The van der Waals surface area contributed by atoms with Crippen LogP contribution in [-0.4, -0.2) is 33.5 Å². The minimum atomic E-state index is -0.189. The molecule has 3 atom stereocenters. The third kappa shape index (κ3) is 3.54. The molecular weight excluding hydrogens is 376 g/mol. The van der Waals surface area contributed by atoms with Gasteiger partial charge in [0.2, 0.25) is 5.03 Å². The van der Waals surface area contributed by atoms with Crippen LogP contribution in [0.2, 0.25) is 0 Å². The van der Waals surface area contributed by atoms with Crippen LogP contribution >= 0.6 is 27.7 Å². The Hall–Kier alpha value is -0.720. The molecule has 1 aliphatic heterocycles. The Labute approximate surface area is 151 Å².